The van der Waals surface area contributed by atoms with E-state index in [9.17, 15) is 19.2 Å². The van der Waals surface area contributed by atoms with Gasteiger partial charge in [-0.3, -0.25) is 19.2 Å². The van der Waals surface area contributed by atoms with Gasteiger partial charge in [-0.15, -0.1) is 0 Å². The number of carbonyl (C=O) groups is 4. The second-order valence-electron chi connectivity index (χ2n) is 6.46. The van der Waals surface area contributed by atoms with Crippen LogP contribution in [-0.4, -0.2) is 33.6 Å². The number of hydrogen-bond donors (Lipinski definition) is 0. The molecule has 6 nitrogen and oxygen atoms in total. The molecule has 1 saturated carbocycles. The van der Waals surface area contributed by atoms with Crippen molar-refractivity contribution in [1.82, 2.24) is 10.0 Å². The van der Waals surface area contributed by atoms with Gasteiger partial charge in [0.1, 0.15) is 0 Å². The van der Waals surface area contributed by atoms with E-state index in [1.807, 2.05) is 12.2 Å². The molecule has 1 saturated heterocycles. The minimum atomic E-state index is -0.604. The number of hydrazine groups is 1. The molecule has 0 spiro atoms. The number of benzene rings is 1. The van der Waals surface area contributed by atoms with E-state index >= 15 is 0 Å². The minimum absolute atomic E-state index is 0.0432. The number of rotatable bonds is 1. The van der Waals surface area contributed by atoms with Crippen LogP contribution in [0, 0.1) is 23.7 Å². The van der Waals surface area contributed by atoms with Gasteiger partial charge in [0, 0.05) is 0 Å². The highest BCUT2D eigenvalue weighted by atomic mass is 16.2. The Kier molecular flexibility index (Phi) is 2.19. The summed E-state index contributed by atoms with van der Waals surface area (Å²) in [5, 5.41) is 1.53. The number of allylic oxidation sites excluding steroid dienone is 2. The van der Waals surface area contributed by atoms with Crippen LogP contribution in [0.5, 0.6) is 0 Å². The van der Waals surface area contributed by atoms with E-state index in [1.165, 1.54) is 12.1 Å². The molecule has 2 fully saturated rings. The number of nitrogens with zero attached hydrogens (tertiary/aromatic N) is 2. The maximum Gasteiger partial charge on any atom is 0.281 e. The fourth-order valence-electron chi connectivity index (χ4n) is 4.44. The highest BCUT2D eigenvalue weighted by Crippen LogP contribution is 2.53. The lowest BCUT2D eigenvalue weighted by Gasteiger charge is -2.25. The number of imide groups is 2. The third-order valence-corrected chi connectivity index (χ3v) is 5.42. The van der Waals surface area contributed by atoms with Gasteiger partial charge >= 0.3 is 0 Å². The second-order valence-corrected chi connectivity index (χ2v) is 6.46. The fraction of sp³-hybridized carbons (Fsp3) is 0.294. The van der Waals surface area contributed by atoms with Gasteiger partial charge in [-0.05, 0) is 30.4 Å². The van der Waals surface area contributed by atoms with Gasteiger partial charge < -0.3 is 0 Å². The standard InChI is InChI=1S/C17H12N2O4/c20-14-10-3-1-2-4-11(10)15(21)18(14)19-16(22)12-8-5-6-9(7-8)13(12)17(19)23/h1-6,8-9,12-13H,7H2/t8-,9-,12+,13+/m1/s1. The van der Waals surface area contributed by atoms with E-state index < -0.39 is 35.5 Å². The molecule has 2 bridgehead atoms. The molecule has 0 N–H and O–H groups in total. The molecule has 1 aromatic rings. The molecule has 5 rings (SSSR count). The first-order valence-electron chi connectivity index (χ1n) is 7.63. The Morgan fingerprint density at radius 1 is 0.739 bits per heavy atom. The summed E-state index contributed by atoms with van der Waals surface area (Å²) in [7, 11) is 0. The Morgan fingerprint density at radius 2 is 1.22 bits per heavy atom. The molecule has 2 aliphatic carbocycles. The molecule has 114 valence electrons. The summed E-state index contributed by atoms with van der Waals surface area (Å²) >= 11 is 0. The highest BCUT2D eigenvalue weighted by Gasteiger charge is 2.62. The maximum absolute atomic E-state index is 12.7. The monoisotopic (exact) mass is 308 g/mol. The van der Waals surface area contributed by atoms with Gasteiger partial charge in [0.15, 0.2) is 0 Å². The predicted octanol–water partition coefficient (Wildman–Crippen LogP) is 1.00. The van der Waals surface area contributed by atoms with Crippen LogP contribution in [0.15, 0.2) is 36.4 Å². The Bertz CT molecular complexity index is 778. The minimum Gasteiger partial charge on any atom is -0.272 e. The largest absolute Gasteiger partial charge is 0.281 e. The zero-order valence-electron chi connectivity index (χ0n) is 12.0. The summed E-state index contributed by atoms with van der Waals surface area (Å²) < 4.78 is 0. The molecule has 0 aromatic heterocycles. The smallest absolute Gasteiger partial charge is 0.272 e. The third-order valence-electron chi connectivity index (χ3n) is 5.42. The van der Waals surface area contributed by atoms with Crippen molar-refractivity contribution in [1.29, 1.82) is 0 Å². The van der Waals surface area contributed by atoms with Gasteiger partial charge in [-0.2, -0.15) is 10.0 Å². The summed E-state index contributed by atoms with van der Waals surface area (Å²) in [5.41, 5.74) is 0.465. The van der Waals surface area contributed by atoms with Crippen LogP contribution in [0.4, 0.5) is 0 Å². The zero-order chi connectivity index (χ0) is 15.9. The van der Waals surface area contributed by atoms with Crippen molar-refractivity contribution in [2.75, 3.05) is 0 Å². The van der Waals surface area contributed by atoms with Crippen molar-refractivity contribution in [2.24, 2.45) is 23.7 Å². The van der Waals surface area contributed by atoms with E-state index in [1.54, 1.807) is 12.1 Å². The van der Waals surface area contributed by atoms with Gasteiger partial charge in [0.05, 0.1) is 23.0 Å². The quantitative estimate of drug-likeness (QED) is 0.573. The van der Waals surface area contributed by atoms with Crippen molar-refractivity contribution in [3.63, 3.8) is 0 Å². The van der Waals surface area contributed by atoms with Crippen LogP contribution in [-0.2, 0) is 9.59 Å². The topological polar surface area (TPSA) is 74.8 Å². The van der Waals surface area contributed by atoms with Crippen molar-refractivity contribution in [2.45, 2.75) is 6.42 Å². The number of hydrogen-bond acceptors (Lipinski definition) is 4. The van der Waals surface area contributed by atoms with Crippen LogP contribution in [0.25, 0.3) is 0 Å². The average Bonchev–Trinajstić information content (AvgIpc) is 3.28. The van der Waals surface area contributed by atoms with E-state index in [0.29, 0.717) is 0 Å². The van der Waals surface area contributed by atoms with Crippen LogP contribution in [0.1, 0.15) is 27.1 Å². The molecule has 4 amide bonds. The van der Waals surface area contributed by atoms with Gasteiger partial charge in [-0.25, -0.2) is 0 Å². The molecular formula is C17H12N2O4. The molecule has 23 heavy (non-hydrogen) atoms. The van der Waals surface area contributed by atoms with Crippen molar-refractivity contribution in [3.05, 3.63) is 47.5 Å². The predicted molar refractivity (Wildman–Crippen MR) is 76.5 cm³/mol. The van der Waals surface area contributed by atoms with E-state index in [-0.39, 0.29) is 23.0 Å². The second kappa shape index (κ2) is 3.95. The summed E-state index contributed by atoms with van der Waals surface area (Å²) in [5.74, 6) is -2.83. The lowest BCUT2D eigenvalue weighted by Crippen LogP contribution is -2.50. The summed E-state index contributed by atoms with van der Waals surface area (Å²) in [4.78, 5) is 50.5. The van der Waals surface area contributed by atoms with E-state index in [0.717, 1.165) is 16.4 Å². The van der Waals surface area contributed by atoms with Gasteiger partial charge in [0.2, 0.25) is 0 Å². The van der Waals surface area contributed by atoms with Crippen LogP contribution in [0.3, 0.4) is 0 Å². The number of fused-ring (bicyclic) bond motifs is 6. The summed E-state index contributed by atoms with van der Waals surface area (Å²) in [6.07, 6.45) is 4.76. The lowest BCUT2D eigenvalue weighted by molar-refractivity contribution is -0.152. The molecule has 2 aliphatic heterocycles. The molecular weight excluding hydrogens is 296 g/mol. The van der Waals surface area contributed by atoms with E-state index in [2.05, 4.69) is 0 Å². The lowest BCUT2D eigenvalue weighted by atomic mass is 9.85. The van der Waals surface area contributed by atoms with Crippen molar-refractivity contribution < 1.29 is 19.2 Å². The maximum atomic E-state index is 12.7. The Morgan fingerprint density at radius 3 is 1.70 bits per heavy atom. The Balaban J connectivity index is 1.57. The average molecular weight is 308 g/mol. The first-order valence-corrected chi connectivity index (χ1v) is 7.63. The normalized spacial score (nSPS) is 33.9. The number of amides is 4. The zero-order valence-corrected chi connectivity index (χ0v) is 12.0. The highest BCUT2D eigenvalue weighted by molar-refractivity contribution is 6.24. The van der Waals surface area contributed by atoms with Crippen molar-refractivity contribution in [3.8, 4) is 0 Å². The third kappa shape index (κ3) is 1.34. The van der Waals surface area contributed by atoms with E-state index in [4.69, 9.17) is 0 Å². The molecule has 6 heteroatoms. The van der Waals surface area contributed by atoms with Crippen LogP contribution >= 0.6 is 0 Å². The molecule has 1 aromatic carbocycles. The SMILES string of the molecule is O=C1c2ccccc2C(=O)N1N1C(=O)[C@@H]2[C@@H](C1=O)[C@@H]1C=C[C@@H]2C1. The van der Waals surface area contributed by atoms with Crippen LogP contribution in [0.2, 0.25) is 0 Å². The molecule has 0 radical (unpaired) electrons. The van der Waals surface area contributed by atoms with Gasteiger partial charge in [0.25, 0.3) is 23.6 Å². The fourth-order valence-corrected chi connectivity index (χ4v) is 4.44. The first-order chi connectivity index (χ1) is 11.1. The van der Waals surface area contributed by atoms with Crippen LogP contribution < -0.4 is 0 Å². The summed E-state index contributed by atoms with van der Waals surface area (Å²) in [6, 6.07) is 6.37. The Hall–Kier alpha value is -2.76. The molecule has 4 aliphatic rings. The van der Waals surface area contributed by atoms with Gasteiger partial charge in [-0.1, -0.05) is 24.3 Å². The Labute approximate surface area is 131 Å². The number of carbonyl (C=O) groups excluding carboxylic acids is 4. The molecule has 2 heterocycles. The summed E-state index contributed by atoms with van der Waals surface area (Å²) in [6.45, 7) is 0. The van der Waals surface area contributed by atoms with Crippen molar-refractivity contribution >= 4 is 23.6 Å². The molecule has 0 unspecified atom stereocenters. The first kappa shape index (κ1) is 12.8. The molecule has 4 atom stereocenters.